The van der Waals surface area contributed by atoms with E-state index in [2.05, 4.69) is 10.3 Å². The van der Waals surface area contributed by atoms with Gasteiger partial charge in [-0.25, -0.2) is 4.79 Å². The highest BCUT2D eigenvalue weighted by Crippen LogP contribution is 2.31. The van der Waals surface area contributed by atoms with E-state index in [0.29, 0.717) is 23.2 Å². The second-order valence-corrected chi connectivity index (χ2v) is 6.05. The minimum atomic E-state index is -0.843. The molecule has 1 aromatic heterocycles. The van der Waals surface area contributed by atoms with Crippen LogP contribution in [0.1, 0.15) is 46.8 Å². The largest absolute Gasteiger partial charge is 0.462 e. The highest BCUT2D eigenvalue weighted by molar-refractivity contribution is 6.44. The number of H-pyrrole nitrogens is 1. The van der Waals surface area contributed by atoms with Crippen LogP contribution in [0.25, 0.3) is 11.1 Å². The third kappa shape index (κ3) is 4.43. The van der Waals surface area contributed by atoms with Gasteiger partial charge in [0.15, 0.2) is 0 Å². The van der Waals surface area contributed by atoms with Crippen molar-refractivity contribution < 1.29 is 24.2 Å². The van der Waals surface area contributed by atoms with Crippen molar-refractivity contribution in [2.75, 3.05) is 13.2 Å². The van der Waals surface area contributed by atoms with E-state index >= 15 is 0 Å². The average molecular weight is 372 g/mol. The fourth-order valence-corrected chi connectivity index (χ4v) is 2.79. The summed E-state index contributed by atoms with van der Waals surface area (Å²) in [5.41, 5.74) is 1.65. The molecule has 0 radical (unpaired) electrons. The van der Waals surface area contributed by atoms with Crippen LogP contribution in [0.4, 0.5) is 0 Å². The first-order valence-corrected chi connectivity index (χ1v) is 8.85. The highest BCUT2D eigenvalue weighted by Gasteiger charge is 2.30. The normalized spacial score (nSPS) is 11.7. The minimum absolute atomic E-state index is 0.0204. The molecule has 144 valence electrons. The van der Waals surface area contributed by atoms with E-state index in [1.165, 1.54) is 0 Å². The molecule has 2 aromatic rings. The molecule has 0 saturated carbocycles. The summed E-state index contributed by atoms with van der Waals surface area (Å²) in [6.45, 7) is 5.06. The molecule has 0 saturated heterocycles. The zero-order chi connectivity index (χ0) is 20.0. The Kier molecular flexibility index (Phi) is 6.90. The lowest BCUT2D eigenvalue weighted by Crippen LogP contribution is -2.41. The molecular formula is C20H24N2O5. The number of ketones is 1. The molecule has 2 rings (SSSR count). The van der Waals surface area contributed by atoms with Crippen molar-refractivity contribution in [2.45, 2.75) is 33.2 Å². The van der Waals surface area contributed by atoms with Crippen LogP contribution >= 0.6 is 0 Å². The zero-order valence-corrected chi connectivity index (χ0v) is 15.7. The van der Waals surface area contributed by atoms with Crippen LogP contribution in [-0.2, 0) is 9.53 Å². The lowest BCUT2D eigenvalue weighted by molar-refractivity contribution is -0.118. The van der Waals surface area contributed by atoms with Gasteiger partial charge in [0.05, 0.1) is 24.8 Å². The number of benzene rings is 1. The van der Waals surface area contributed by atoms with E-state index in [-0.39, 0.29) is 24.5 Å². The Labute approximate surface area is 157 Å². The van der Waals surface area contributed by atoms with Crippen LogP contribution < -0.4 is 5.32 Å². The van der Waals surface area contributed by atoms with Crippen LogP contribution in [0.2, 0.25) is 0 Å². The third-order valence-corrected chi connectivity index (χ3v) is 4.21. The third-order valence-electron chi connectivity index (χ3n) is 4.21. The van der Waals surface area contributed by atoms with Crippen molar-refractivity contribution in [1.29, 1.82) is 0 Å². The van der Waals surface area contributed by atoms with Crippen LogP contribution in [0.5, 0.6) is 0 Å². The molecule has 0 bridgehead atoms. The Balaban J connectivity index is 2.53. The number of aromatic amines is 1. The summed E-state index contributed by atoms with van der Waals surface area (Å²) in [4.78, 5) is 40.5. The summed E-state index contributed by atoms with van der Waals surface area (Å²) in [7, 11) is 0. The number of aromatic nitrogens is 1. The van der Waals surface area contributed by atoms with Gasteiger partial charge in [-0.05, 0) is 25.8 Å². The maximum Gasteiger partial charge on any atom is 0.340 e. The summed E-state index contributed by atoms with van der Waals surface area (Å²) < 4.78 is 5.12. The number of aliphatic hydroxyl groups is 1. The molecule has 27 heavy (non-hydrogen) atoms. The first-order valence-electron chi connectivity index (χ1n) is 8.85. The molecule has 1 atom stereocenters. The lowest BCUT2D eigenvalue weighted by Gasteiger charge is -2.13. The maximum absolute atomic E-state index is 12.8. The van der Waals surface area contributed by atoms with Gasteiger partial charge in [-0.3, -0.25) is 9.59 Å². The first-order chi connectivity index (χ1) is 12.9. The molecule has 1 amide bonds. The zero-order valence-electron chi connectivity index (χ0n) is 15.7. The first kappa shape index (κ1) is 20.4. The molecule has 3 N–H and O–H groups in total. The van der Waals surface area contributed by atoms with Gasteiger partial charge in [0.2, 0.25) is 0 Å². The standard InChI is InChI=1S/C20H24N2O5/c1-4-14(11-23)22-19(25)18(24)17-16(13-9-7-6-8-10-13)15(12(3)21-17)20(26)27-5-2/h6-10,14,21,23H,4-5,11H2,1-3H3,(H,22,25)/t14-/m0/s1. The number of aliphatic hydroxyl groups excluding tert-OH is 1. The van der Waals surface area contributed by atoms with Gasteiger partial charge in [-0.2, -0.15) is 0 Å². The van der Waals surface area contributed by atoms with Gasteiger partial charge >= 0.3 is 5.97 Å². The van der Waals surface area contributed by atoms with Crippen LogP contribution in [0.3, 0.4) is 0 Å². The second-order valence-electron chi connectivity index (χ2n) is 6.05. The smallest absolute Gasteiger partial charge is 0.340 e. The number of esters is 1. The van der Waals surface area contributed by atoms with Gasteiger partial charge in [-0.1, -0.05) is 37.3 Å². The van der Waals surface area contributed by atoms with Gasteiger partial charge < -0.3 is 20.1 Å². The molecule has 1 heterocycles. The summed E-state index contributed by atoms with van der Waals surface area (Å²) in [5, 5.41) is 11.7. The fourth-order valence-electron chi connectivity index (χ4n) is 2.79. The molecule has 1 aromatic carbocycles. The number of carbonyl (C=O) groups is 3. The van der Waals surface area contributed by atoms with Gasteiger partial charge in [0.1, 0.15) is 5.69 Å². The Morgan fingerprint density at radius 3 is 2.41 bits per heavy atom. The van der Waals surface area contributed by atoms with Crippen molar-refractivity contribution >= 4 is 17.7 Å². The van der Waals surface area contributed by atoms with E-state index in [0.717, 1.165) is 0 Å². The van der Waals surface area contributed by atoms with Crippen molar-refractivity contribution in [1.82, 2.24) is 10.3 Å². The summed E-state index contributed by atoms with van der Waals surface area (Å²) in [6.07, 6.45) is 0.485. The second kappa shape index (κ2) is 9.14. The Hall–Kier alpha value is -2.93. The number of ether oxygens (including phenoxy) is 1. The molecule has 0 fully saturated rings. The number of carbonyl (C=O) groups excluding carboxylic acids is 3. The quantitative estimate of drug-likeness (QED) is 0.374. The van der Waals surface area contributed by atoms with Gasteiger partial charge in [-0.15, -0.1) is 0 Å². The summed E-state index contributed by atoms with van der Waals surface area (Å²) in [5.74, 6) is -2.21. The maximum atomic E-state index is 12.8. The average Bonchev–Trinajstić information content (AvgIpc) is 3.03. The predicted molar refractivity (Wildman–Crippen MR) is 101 cm³/mol. The van der Waals surface area contributed by atoms with Crippen molar-refractivity contribution in [3.05, 3.63) is 47.3 Å². The molecule has 0 spiro atoms. The summed E-state index contributed by atoms with van der Waals surface area (Å²) in [6, 6.07) is 8.36. The summed E-state index contributed by atoms with van der Waals surface area (Å²) >= 11 is 0. The number of hydrogen-bond donors (Lipinski definition) is 3. The van der Waals surface area contributed by atoms with Crippen molar-refractivity contribution in [3.8, 4) is 11.1 Å². The predicted octanol–water partition coefficient (Wildman–Crippen LogP) is 2.24. The van der Waals surface area contributed by atoms with E-state index < -0.39 is 23.7 Å². The number of aryl methyl sites for hydroxylation is 1. The molecule has 0 unspecified atom stereocenters. The van der Waals surface area contributed by atoms with Gasteiger partial charge in [0.25, 0.3) is 11.7 Å². The van der Waals surface area contributed by atoms with E-state index in [4.69, 9.17) is 4.74 Å². The van der Waals surface area contributed by atoms with E-state index in [9.17, 15) is 19.5 Å². The fraction of sp³-hybridized carbons (Fsp3) is 0.350. The SMILES string of the molecule is CCOC(=O)c1c(C)[nH]c(C(=O)C(=O)N[C@@H](CC)CO)c1-c1ccccc1. The molecule has 0 aliphatic carbocycles. The molecule has 0 aliphatic heterocycles. The number of nitrogens with one attached hydrogen (secondary N) is 2. The number of amides is 1. The van der Waals surface area contributed by atoms with Crippen LogP contribution in [-0.4, -0.2) is 47.0 Å². The molecular weight excluding hydrogens is 348 g/mol. The van der Waals surface area contributed by atoms with E-state index in [1.807, 2.05) is 6.07 Å². The molecule has 7 nitrogen and oxygen atoms in total. The monoisotopic (exact) mass is 372 g/mol. The molecule has 0 aliphatic rings. The van der Waals surface area contributed by atoms with Crippen LogP contribution in [0, 0.1) is 6.92 Å². The lowest BCUT2D eigenvalue weighted by atomic mass is 9.98. The number of Topliss-reactive ketones (excluding diaryl/α,β-unsaturated/α-hetero) is 1. The number of hydrogen-bond acceptors (Lipinski definition) is 5. The minimum Gasteiger partial charge on any atom is -0.462 e. The highest BCUT2D eigenvalue weighted by atomic mass is 16.5. The Morgan fingerprint density at radius 2 is 1.85 bits per heavy atom. The van der Waals surface area contributed by atoms with Crippen molar-refractivity contribution in [2.24, 2.45) is 0 Å². The molecule has 7 heteroatoms. The number of rotatable bonds is 8. The van der Waals surface area contributed by atoms with Gasteiger partial charge in [0, 0.05) is 11.3 Å². The topological polar surface area (TPSA) is 108 Å². The van der Waals surface area contributed by atoms with Crippen molar-refractivity contribution in [3.63, 3.8) is 0 Å². The Bertz CT molecular complexity index is 822. The Morgan fingerprint density at radius 1 is 1.19 bits per heavy atom. The van der Waals surface area contributed by atoms with E-state index in [1.54, 1.807) is 45.0 Å². The van der Waals surface area contributed by atoms with Crippen LogP contribution in [0.15, 0.2) is 30.3 Å².